The molecule has 2 nitrogen and oxygen atoms in total. The zero-order valence-electron chi connectivity index (χ0n) is 9.68. The quantitative estimate of drug-likeness (QED) is 0.756. The number of aryl methyl sites for hydroxylation is 1. The molecule has 0 aliphatic rings. The lowest BCUT2D eigenvalue weighted by Gasteiger charge is -2.06. The van der Waals surface area contributed by atoms with E-state index < -0.39 is 11.9 Å². The van der Waals surface area contributed by atoms with Crippen molar-refractivity contribution < 1.29 is 13.9 Å². The number of rotatable bonds is 2. The van der Waals surface area contributed by atoms with Gasteiger partial charge in [0, 0.05) is 10.3 Å². The van der Waals surface area contributed by atoms with Gasteiger partial charge in [0.1, 0.15) is 11.9 Å². The molecule has 4 heteroatoms. The van der Waals surface area contributed by atoms with Crippen molar-refractivity contribution in [3.8, 4) is 0 Å². The Labute approximate surface area is 107 Å². The summed E-state index contributed by atoms with van der Waals surface area (Å²) < 4.78 is 18.9. The first kappa shape index (κ1) is 11.4. The third kappa shape index (κ3) is 1.74. The van der Waals surface area contributed by atoms with Gasteiger partial charge in [-0.15, -0.1) is 11.3 Å². The van der Waals surface area contributed by atoms with Crippen LogP contribution >= 0.6 is 11.3 Å². The van der Waals surface area contributed by atoms with Crippen LogP contribution in [0.3, 0.4) is 0 Å². The van der Waals surface area contributed by atoms with Gasteiger partial charge in [-0.3, -0.25) is 0 Å². The van der Waals surface area contributed by atoms with Gasteiger partial charge in [-0.2, -0.15) is 0 Å². The number of halogens is 1. The maximum Gasteiger partial charge on any atom is 0.170 e. The Morgan fingerprint density at radius 3 is 2.83 bits per heavy atom. The smallest absolute Gasteiger partial charge is 0.170 e. The molecule has 1 atom stereocenters. The highest BCUT2D eigenvalue weighted by Crippen LogP contribution is 2.33. The van der Waals surface area contributed by atoms with Crippen LogP contribution in [0.15, 0.2) is 40.1 Å². The van der Waals surface area contributed by atoms with Crippen molar-refractivity contribution in [2.24, 2.45) is 0 Å². The fraction of sp³-hybridized carbons (Fsp3) is 0.143. The number of hydrogen-bond donors (Lipinski definition) is 1. The molecule has 0 bridgehead atoms. The molecule has 1 N–H and O–H groups in total. The normalized spacial score (nSPS) is 13.1. The number of thiophene rings is 1. The SMILES string of the molecule is Cc1ccsc1C(O)c1cc2cccc(F)c2o1. The molecule has 3 aromatic rings. The van der Waals surface area contributed by atoms with E-state index in [-0.39, 0.29) is 5.58 Å². The number of aliphatic hydroxyl groups excluding tert-OH is 1. The van der Waals surface area contributed by atoms with Crippen molar-refractivity contribution >= 4 is 22.3 Å². The highest BCUT2D eigenvalue weighted by Gasteiger charge is 2.19. The minimum atomic E-state index is -0.836. The first-order valence-electron chi connectivity index (χ1n) is 5.57. The van der Waals surface area contributed by atoms with Gasteiger partial charge in [0.2, 0.25) is 0 Å². The lowest BCUT2D eigenvalue weighted by atomic mass is 10.1. The van der Waals surface area contributed by atoms with Crippen LogP contribution in [-0.4, -0.2) is 5.11 Å². The van der Waals surface area contributed by atoms with E-state index in [0.717, 1.165) is 10.4 Å². The first-order valence-corrected chi connectivity index (χ1v) is 6.45. The maximum absolute atomic E-state index is 13.5. The summed E-state index contributed by atoms with van der Waals surface area (Å²) >= 11 is 1.46. The fourth-order valence-corrected chi connectivity index (χ4v) is 2.89. The Bertz CT molecular complexity index is 699. The Balaban J connectivity index is 2.10. The molecule has 0 radical (unpaired) electrons. The average Bonchev–Trinajstić information content (AvgIpc) is 2.95. The zero-order valence-corrected chi connectivity index (χ0v) is 10.5. The van der Waals surface area contributed by atoms with E-state index in [2.05, 4.69) is 0 Å². The van der Waals surface area contributed by atoms with Crippen molar-refractivity contribution in [3.63, 3.8) is 0 Å². The largest absolute Gasteiger partial charge is 0.455 e. The predicted octanol–water partition coefficient (Wildman–Crippen LogP) is 4.02. The highest BCUT2D eigenvalue weighted by molar-refractivity contribution is 7.10. The molecule has 0 amide bonds. The Morgan fingerprint density at radius 1 is 1.33 bits per heavy atom. The standard InChI is InChI=1S/C14H11FO2S/c1-8-5-6-18-14(8)12(16)11-7-9-3-2-4-10(15)13(9)17-11/h2-7,12,16H,1H3. The number of para-hydroxylation sites is 1. The molecule has 0 saturated carbocycles. The molecule has 92 valence electrons. The molecular formula is C14H11FO2S. The van der Waals surface area contributed by atoms with Gasteiger partial charge in [-0.25, -0.2) is 4.39 Å². The van der Waals surface area contributed by atoms with Crippen molar-refractivity contribution in [2.45, 2.75) is 13.0 Å². The Hall–Kier alpha value is -1.65. The molecule has 0 fully saturated rings. The molecule has 1 unspecified atom stereocenters. The van der Waals surface area contributed by atoms with E-state index in [0.29, 0.717) is 11.1 Å². The third-order valence-corrected chi connectivity index (χ3v) is 4.01. The van der Waals surface area contributed by atoms with E-state index in [1.165, 1.54) is 17.4 Å². The van der Waals surface area contributed by atoms with Gasteiger partial charge in [-0.05, 0) is 36.1 Å². The van der Waals surface area contributed by atoms with Crippen LogP contribution < -0.4 is 0 Å². The van der Waals surface area contributed by atoms with Crippen molar-refractivity contribution in [1.82, 2.24) is 0 Å². The van der Waals surface area contributed by atoms with Crippen LogP contribution in [0.4, 0.5) is 4.39 Å². The summed E-state index contributed by atoms with van der Waals surface area (Å²) in [6.45, 7) is 1.93. The lowest BCUT2D eigenvalue weighted by Crippen LogP contribution is -1.96. The molecular weight excluding hydrogens is 251 g/mol. The summed E-state index contributed by atoms with van der Waals surface area (Å²) in [6, 6.07) is 8.35. The molecule has 3 rings (SSSR count). The average molecular weight is 262 g/mol. The van der Waals surface area contributed by atoms with Gasteiger partial charge in [0.25, 0.3) is 0 Å². The molecule has 2 aromatic heterocycles. The minimum absolute atomic E-state index is 0.195. The number of furan rings is 1. The number of aliphatic hydroxyl groups is 1. The summed E-state index contributed by atoms with van der Waals surface area (Å²) in [7, 11) is 0. The molecule has 0 aliphatic carbocycles. The minimum Gasteiger partial charge on any atom is -0.455 e. The van der Waals surface area contributed by atoms with Gasteiger partial charge < -0.3 is 9.52 Å². The number of benzene rings is 1. The maximum atomic E-state index is 13.5. The summed E-state index contributed by atoms with van der Waals surface area (Å²) in [6.07, 6.45) is -0.836. The van der Waals surface area contributed by atoms with Crippen molar-refractivity contribution in [3.05, 3.63) is 57.7 Å². The van der Waals surface area contributed by atoms with Crippen LogP contribution in [0.1, 0.15) is 22.3 Å². The van der Waals surface area contributed by atoms with Crippen molar-refractivity contribution in [2.75, 3.05) is 0 Å². The molecule has 0 saturated heterocycles. The summed E-state index contributed by atoms with van der Waals surface area (Å²) in [5.41, 5.74) is 1.20. The van der Waals surface area contributed by atoms with Crippen LogP contribution in [0.5, 0.6) is 0 Å². The summed E-state index contributed by atoms with van der Waals surface area (Å²) in [5, 5.41) is 12.8. The van der Waals surface area contributed by atoms with Crippen molar-refractivity contribution in [1.29, 1.82) is 0 Å². The van der Waals surface area contributed by atoms with E-state index >= 15 is 0 Å². The van der Waals surface area contributed by atoms with Gasteiger partial charge in [0.15, 0.2) is 11.4 Å². The first-order chi connectivity index (χ1) is 8.66. The van der Waals surface area contributed by atoms with Crippen LogP contribution in [0.2, 0.25) is 0 Å². The second-order valence-corrected chi connectivity index (χ2v) is 5.13. The summed E-state index contributed by atoms with van der Waals surface area (Å²) in [4.78, 5) is 0.828. The molecule has 0 aliphatic heterocycles. The number of hydrogen-bond acceptors (Lipinski definition) is 3. The number of fused-ring (bicyclic) bond motifs is 1. The molecule has 2 heterocycles. The Morgan fingerprint density at radius 2 is 2.17 bits per heavy atom. The second kappa shape index (κ2) is 4.23. The van der Waals surface area contributed by atoms with Crippen LogP contribution in [-0.2, 0) is 0 Å². The topological polar surface area (TPSA) is 33.4 Å². The van der Waals surface area contributed by atoms with E-state index in [1.807, 2.05) is 18.4 Å². The molecule has 1 aromatic carbocycles. The lowest BCUT2D eigenvalue weighted by molar-refractivity contribution is 0.195. The monoisotopic (exact) mass is 262 g/mol. The van der Waals surface area contributed by atoms with E-state index in [4.69, 9.17) is 4.42 Å². The fourth-order valence-electron chi connectivity index (χ4n) is 1.98. The van der Waals surface area contributed by atoms with Crippen LogP contribution in [0.25, 0.3) is 11.0 Å². The van der Waals surface area contributed by atoms with Gasteiger partial charge >= 0.3 is 0 Å². The predicted molar refractivity (Wildman–Crippen MR) is 69.3 cm³/mol. The van der Waals surface area contributed by atoms with Gasteiger partial charge in [-0.1, -0.05) is 12.1 Å². The zero-order chi connectivity index (χ0) is 12.7. The highest BCUT2D eigenvalue weighted by atomic mass is 32.1. The summed E-state index contributed by atoms with van der Waals surface area (Å²) in [5.74, 6) is -0.0329. The van der Waals surface area contributed by atoms with Crippen LogP contribution in [0, 0.1) is 12.7 Å². The molecule has 18 heavy (non-hydrogen) atoms. The van der Waals surface area contributed by atoms with E-state index in [1.54, 1.807) is 18.2 Å². The second-order valence-electron chi connectivity index (χ2n) is 4.18. The molecule has 0 spiro atoms. The third-order valence-electron chi connectivity index (χ3n) is 2.93. The Kier molecular flexibility index (Phi) is 2.69. The van der Waals surface area contributed by atoms with E-state index in [9.17, 15) is 9.50 Å². The van der Waals surface area contributed by atoms with Gasteiger partial charge in [0.05, 0.1) is 0 Å².